The van der Waals surface area contributed by atoms with Crippen LogP contribution in [0, 0.1) is 6.92 Å². The van der Waals surface area contributed by atoms with Crippen LogP contribution in [0.3, 0.4) is 0 Å². The standard InChI is InChI=1S/C22H17F3N2O5/c1-11-6-17-18(32-10-31-17)7-13(11)9-30-14-4-2-12(3-5-14)15-8-16(20(26)28)21(29)27-19(15)22(23,24)25/h2-8H,9-10H2,1H3,(H2,26,28)(H,27,29). The number of aryl methyl sites for hydroxylation is 1. The van der Waals surface area contributed by atoms with Crippen molar-refractivity contribution in [2.24, 2.45) is 5.73 Å². The van der Waals surface area contributed by atoms with E-state index in [0.717, 1.165) is 17.2 Å². The Hall–Kier alpha value is -3.95. The minimum Gasteiger partial charge on any atom is -0.489 e. The molecule has 10 heteroatoms. The summed E-state index contributed by atoms with van der Waals surface area (Å²) in [5.41, 5.74) is 3.64. The van der Waals surface area contributed by atoms with Crippen molar-refractivity contribution >= 4 is 5.91 Å². The van der Waals surface area contributed by atoms with Gasteiger partial charge >= 0.3 is 6.18 Å². The van der Waals surface area contributed by atoms with E-state index in [1.165, 1.54) is 24.3 Å². The molecule has 0 spiro atoms. The van der Waals surface area contributed by atoms with Crippen LogP contribution in [0.1, 0.15) is 27.2 Å². The number of carbonyl (C=O) groups is 1. The van der Waals surface area contributed by atoms with Crippen LogP contribution in [0.15, 0.2) is 47.3 Å². The zero-order valence-corrected chi connectivity index (χ0v) is 16.7. The lowest BCUT2D eigenvalue weighted by atomic mass is 10.0. The van der Waals surface area contributed by atoms with Crippen molar-refractivity contribution in [1.29, 1.82) is 0 Å². The zero-order chi connectivity index (χ0) is 23.0. The average Bonchev–Trinajstić information content (AvgIpc) is 3.18. The normalized spacial score (nSPS) is 12.6. The molecule has 0 fully saturated rings. The molecule has 1 aliphatic rings. The fourth-order valence-electron chi connectivity index (χ4n) is 3.30. The maximum atomic E-state index is 13.4. The monoisotopic (exact) mass is 446 g/mol. The number of nitrogens with one attached hydrogen (secondary N) is 1. The van der Waals surface area contributed by atoms with Crippen LogP contribution in [0.5, 0.6) is 17.2 Å². The van der Waals surface area contributed by atoms with Gasteiger partial charge in [-0.2, -0.15) is 13.2 Å². The Bertz CT molecular complexity index is 1250. The number of hydrogen-bond acceptors (Lipinski definition) is 5. The Balaban J connectivity index is 1.60. The molecule has 2 heterocycles. The van der Waals surface area contributed by atoms with Crippen LogP contribution in [0.4, 0.5) is 13.2 Å². The van der Waals surface area contributed by atoms with Crippen molar-refractivity contribution in [1.82, 2.24) is 4.98 Å². The molecule has 0 bridgehead atoms. The number of ether oxygens (including phenoxy) is 3. The minimum atomic E-state index is -4.84. The molecule has 0 unspecified atom stereocenters. The van der Waals surface area contributed by atoms with E-state index in [-0.39, 0.29) is 24.5 Å². The van der Waals surface area contributed by atoms with E-state index in [0.29, 0.717) is 17.2 Å². The van der Waals surface area contributed by atoms with E-state index in [4.69, 9.17) is 19.9 Å². The number of halogens is 3. The van der Waals surface area contributed by atoms with E-state index in [1.807, 2.05) is 19.1 Å². The summed E-state index contributed by atoms with van der Waals surface area (Å²) >= 11 is 0. The van der Waals surface area contributed by atoms with Gasteiger partial charge in [-0.05, 0) is 53.9 Å². The van der Waals surface area contributed by atoms with E-state index in [9.17, 15) is 22.8 Å². The Morgan fingerprint density at radius 2 is 1.78 bits per heavy atom. The number of aromatic nitrogens is 1. The third-order valence-electron chi connectivity index (χ3n) is 4.98. The van der Waals surface area contributed by atoms with Crippen LogP contribution in [0.25, 0.3) is 11.1 Å². The lowest BCUT2D eigenvalue weighted by Crippen LogP contribution is -2.27. The van der Waals surface area contributed by atoms with Crippen molar-refractivity contribution in [2.75, 3.05) is 6.79 Å². The summed E-state index contributed by atoms with van der Waals surface area (Å²) in [4.78, 5) is 24.9. The number of rotatable bonds is 5. The fourth-order valence-corrected chi connectivity index (χ4v) is 3.30. The number of benzene rings is 2. The summed E-state index contributed by atoms with van der Waals surface area (Å²) in [7, 11) is 0. The highest BCUT2D eigenvalue weighted by Gasteiger charge is 2.36. The van der Waals surface area contributed by atoms with E-state index in [1.54, 1.807) is 4.98 Å². The number of nitrogens with two attached hydrogens (primary N) is 1. The summed E-state index contributed by atoms with van der Waals surface area (Å²) in [5, 5.41) is 0. The van der Waals surface area contributed by atoms with Crippen LogP contribution >= 0.6 is 0 Å². The quantitative estimate of drug-likeness (QED) is 0.621. The Labute approximate surface area is 179 Å². The lowest BCUT2D eigenvalue weighted by molar-refractivity contribution is -0.140. The number of fused-ring (bicyclic) bond motifs is 1. The molecule has 0 atom stereocenters. The van der Waals surface area contributed by atoms with Crippen LogP contribution in [0.2, 0.25) is 0 Å². The number of carbonyl (C=O) groups excluding carboxylic acids is 1. The van der Waals surface area contributed by atoms with Crippen LogP contribution in [-0.4, -0.2) is 17.7 Å². The number of primary amides is 1. The molecule has 2 aromatic carbocycles. The zero-order valence-electron chi connectivity index (χ0n) is 16.7. The van der Waals surface area contributed by atoms with Gasteiger partial charge in [0.15, 0.2) is 11.5 Å². The average molecular weight is 446 g/mol. The molecule has 166 valence electrons. The number of hydrogen-bond donors (Lipinski definition) is 2. The Morgan fingerprint density at radius 1 is 1.12 bits per heavy atom. The van der Waals surface area contributed by atoms with Crippen molar-refractivity contribution < 1.29 is 32.2 Å². The van der Waals surface area contributed by atoms with Gasteiger partial charge in [-0.15, -0.1) is 0 Å². The van der Waals surface area contributed by atoms with Gasteiger partial charge in [-0.1, -0.05) is 12.1 Å². The Morgan fingerprint density at radius 3 is 2.41 bits per heavy atom. The molecule has 1 aromatic heterocycles. The molecule has 0 radical (unpaired) electrons. The SMILES string of the molecule is Cc1cc2c(cc1COc1ccc(-c3cc(C(N)=O)c(=O)[nH]c3C(F)(F)F)cc1)OCO2. The minimum absolute atomic E-state index is 0.127. The van der Waals surface area contributed by atoms with E-state index in [2.05, 4.69) is 0 Å². The van der Waals surface area contributed by atoms with Crippen LogP contribution in [-0.2, 0) is 12.8 Å². The van der Waals surface area contributed by atoms with Gasteiger partial charge in [0.05, 0.1) is 0 Å². The second-order valence-electron chi connectivity index (χ2n) is 7.11. The highest BCUT2D eigenvalue weighted by atomic mass is 19.4. The number of H-pyrrole nitrogens is 1. The number of alkyl halides is 3. The summed E-state index contributed by atoms with van der Waals surface area (Å²) in [6.45, 7) is 2.26. The molecule has 3 N–H and O–H groups in total. The maximum Gasteiger partial charge on any atom is 0.431 e. The predicted molar refractivity (Wildman–Crippen MR) is 108 cm³/mol. The largest absolute Gasteiger partial charge is 0.489 e. The van der Waals surface area contributed by atoms with Gasteiger partial charge in [0.2, 0.25) is 6.79 Å². The highest BCUT2D eigenvalue weighted by Crippen LogP contribution is 2.37. The summed E-state index contributed by atoms with van der Waals surface area (Å²) in [5.74, 6) is 0.569. The topological polar surface area (TPSA) is 104 Å². The first-order chi connectivity index (χ1) is 15.1. The second-order valence-corrected chi connectivity index (χ2v) is 7.11. The molecule has 0 aliphatic carbocycles. The Kier molecular flexibility index (Phi) is 5.29. The van der Waals surface area contributed by atoms with E-state index < -0.39 is 28.9 Å². The van der Waals surface area contributed by atoms with Crippen LogP contribution < -0.4 is 25.5 Å². The van der Waals surface area contributed by atoms with E-state index >= 15 is 0 Å². The first kappa shape index (κ1) is 21.3. The summed E-state index contributed by atoms with van der Waals surface area (Å²) in [6.07, 6.45) is -4.84. The van der Waals surface area contributed by atoms with Crippen molar-refractivity contribution in [3.05, 3.63) is 75.2 Å². The molecule has 0 saturated heterocycles. The van der Waals surface area contributed by atoms with Gasteiger partial charge in [-0.25, -0.2) is 0 Å². The first-order valence-electron chi connectivity index (χ1n) is 9.40. The summed E-state index contributed by atoms with van der Waals surface area (Å²) in [6, 6.07) is 10.3. The molecular formula is C22H17F3N2O5. The smallest absolute Gasteiger partial charge is 0.431 e. The molecule has 1 aliphatic heterocycles. The van der Waals surface area contributed by atoms with Gasteiger partial charge in [0, 0.05) is 5.56 Å². The predicted octanol–water partition coefficient (Wildman–Crippen LogP) is 3.78. The number of amides is 1. The maximum absolute atomic E-state index is 13.4. The molecule has 0 saturated carbocycles. The third kappa shape index (κ3) is 4.11. The van der Waals surface area contributed by atoms with Crippen molar-refractivity contribution in [2.45, 2.75) is 19.7 Å². The second kappa shape index (κ2) is 7.95. The van der Waals surface area contributed by atoms with Crippen molar-refractivity contribution in [3.8, 4) is 28.4 Å². The molecule has 32 heavy (non-hydrogen) atoms. The molecular weight excluding hydrogens is 429 g/mol. The molecule has 7 nitrogen and oxygen atoms in total. The number of aromatic amines is 1. The number of pyridine rings is 1. The van der Waals surface area contributed by atoms with Gasteiger partial charge in [0.25, 0.3) is 11.5 Å². The first-order valence-corrected chi connectivity index (χ1v) is 9.40. The van der Waals surface area contributed by atoms with Gasteiger partial charge in [-0.3, -0.25) is 9.59 Å². The molecule has 3 aromatic rings. The van der Waals surface area contributed by atoms with Gasteiger partial charge in [0.1, 0.15) is 23.6 Å². The fraction of sp³-hybridized carbons (Fsp3) is 0.182. The highest BCUT2D eigenvalue weighted by molar-refractivity contribution is 5.94. The lowest BCUT2D eigenvalue weighted by Gasteiger charge is -2.14. The van der Waals surface area contributed by atoms with Gasteiger partial charge < -0.3 is 24.9 Å². The molecule has 4 rings (SSSR count). The molecule has 1 amide bonds. The van der Waals surface area contributed by atoms with Crippen molar-refractivity contribution in [3.63, 3.8) is 0 Å². The summed E-state index contributed by atoms with van der Waals surface area (Å²) < 4.78 is 56.7. The third-order valence-corrected chi connectivity index (χ3v) is 4.98.